The number of aromatic nitrogens is 3. The van der Waals surface area contributed by atoms with Gasteiger partial charge in [-0.1, -0.05) is 6.92 Å². The first-order valence-electron chi connectivity index (χ1n) is 9.27. The van der Waals surface area contributed by atoms with E-state index in [1.54, 1.807) is 18.5 Å². The zero-order valence-corrected chi connectivity index (χ0v) is 16.4. The maximum atomic E-state index is 12.3. The quantitative estimate of drug-likeness (QED) is 0.629. The summed E-state index contributed by atoms with van der Waals surface area (Å²) in [5, 5.41) is 11.7. The Morgan fingerprint density at radius 2 is 2.07 bits per heavy atom. The molecule has 1 N–H and O–H groups in total. The number of hydrogen-bond donors (Lipinski definition) is 1. The minimum absolute atomic E-state index is 0.163. The third-order valence-corrected chi connectivity index (χ3v) is 4.47. The van der Waals surface area contributed by atoms with E-state index in [0.717, 1.165) is 17.4 Å². The molecule has 2 aromatic heterocycles. The maximum absolute atomic E-state index is 12.3. The zero-order chi connectivity index (χ0) is 20.3. The minimum Gasteiger partial charge on any atom is -0.484 e. The minimum atomic E-state index is -0.401. The Labute approximate surface area is 162 Å². The number of fused-ring (bicyclic) bond motifs is 1. The van der Waals surface area contributed by atoms with E-state index in [2.05, 4.69) is 15.5 Å². The molecule has 28 heavy (non-hydrogen) atoms. The molecule has 0 saturated heterocycles. The fourth-order valence-corrected chi connectivity index (χ4v) is 3.05. The molecule has 0 aliphatic heterocycles. The van der Waals surface area contributed by atoms with E-state index in [4.69, 9.17) is 9.15 Å². The number of amides is 1. The van der Waals surface area contributed by atoms with E-state index >= 15 is 0 Å². The van der Waals surface area contributed by atoms with Gasteiger partial charge in [0.1, 0.15) is 17.7 Å². The number of ether oxygens (including phenoxy) is 1. The van der Waals surface area contributed by atoms with Crippen molar-refractivity contribution in [3.8, 4) is 5.75 Å². The first-order chi connectivity index (χ1) is 13.4. The molecule has 0 spiro atoms. The molecule has 0 aliphatic carbocycles. The molecule has 1 aromatic carbocycles. The molecule has 1 amide bonds. The van der Waals surface area contributed by atoms with Crippen LogP contribution in [-0.2, 0) is 11.2 Å². The monoisotopic (exact) mass is 384 g/mol. The molecule has 0 aliphatic rings. The lowest BCUT2D eigenvalue weighted by Gasteiger charge is -2.17. The van der Waals surface area contributed by atoms with E-state index in [1.807, 2.05) is 38.3 Å². The first kappa shape index (κ1) is 19.6. The second-order valence-corrected chi connectivity index (χ2v) is 6.87. The molecular weight excluding hydrogens is 360 g/mol. The molecule has 0 radical (unpaired) electrons. The molecule has 3 rings (SSSR count). The van der Waals surface area contributed by atoms with Crippen LogP contribution in [0.1, 0.15) is 51.2 Å². The van der Waals surface area contributed by atoms with Gasteiger partial charge in [-0.15, -0.1) is 10.2 Å². The van der Waals surface area contributed by atoms with Crippen molar-refractivity contribution in [2.24, 2.45) is 0 Å². The van der Waals surface area contributed by atoms with Crippen LogP contribution < -0.4 is 15.7 Å². The smallest absolute Gasteiger partial charge is 0.336 e. The van der Waals surface area contributed by atoms with Crippen LogP contribution in [0.25, 0.3) is 11.0 Å². The van der Waals surface area contributed by atoms with E-state index in [1.165, 1.54) is 6.07 Å². The molecule has 0 saturated carbocycles. The second kappa shape index (κ2) is 8.24. The second-order valence-electron chi connectivity index (χ2n) is 6.87. The van der Waals surface area contributed by atoms with Crippen molar-refractivity contribution < 1.29 is 13.9 Å². The van der Waals surface area contributed by atoms with E-state index in [-0.39, 0.29) is 24.6 Å². The summed E-state index contributed by atoms with van der Waals surface area (Å²) in [6, 6.07) is 6.60. The molecule has 1 unspecified atom stereocenters. The molecule has 8 nitrogen and oxygen atoms in total. The van der Waals surface area contributed by atoms with Gasteiger partial charge in [0.25, 0.3) is 5.91 Å². The van der Waals surface area contributed by atoms with E-state index in [0.29, 0.717) is 17.2 Å². The summed E-state index contributed by atoms with van der Waals surface area (Å²) in [6.45, 7) is 7.70. The van der Waals surface area contributed by atoms with Gasteiger partial charge in [0.05, 0.1) is 6.04 Å². The average molecular weight is 384 g/mol. The van der Waals surface area contributed by atoms with E-state index in [9.17, 15) is 9.59 Å². The van der Waals surface area contributed by atoms with Crippen molar-refractivity contribution in [2.75, 3.05) is 6.61 Å². The molecule has 0 fully saturated rings. The summed E-state index contributed by atoms with van der Waals surface area (Å²) in [4.78, 5) is 23.9. The van der Waals surface area contributed by atoms with Gasteiger partial charge in [-0.25, -0.2) is 4.79 Å². The molecule has 2 heterocycles. The summed E-state index contributed by atoms with van der Waals surface area (Å²) >= 11 is 0. The topological polar surface area (TPSA) is 99.2 Å². The Hall–Kier alpha value is -3.16. The van der Waals surface area contributed by atoms with Gasteiger partial charge in [-0.05, 0) is 44.9 Å². The van der Waals surface area contributed by atoms with Gasteiger partial charge in [-0.2, -0.15) is 0 Å². The van der Waals surface area contributed by atoms with E-state index < -0.39 is 5.63 Å². The van der Waals surface area contributed by atoms with Crippen LogP contribution in [0.3, 0.4) is 0 Å². The predicted molar refractivity (Wildman–Crippen MR) is 104 cm³/mol. The standard InChI is InChI=1S/C20H24N4O4/c1-5-14-8-19(26)28-17-9-15(6-7-16(14)17)27-10-18(25)22-13(4)20-23-21-11-24(20)12(2)3/h6-9,11-13H,5,10H2,1-4H3,(H,22,25). The fourth-order valence-electron chi connectivity index (χ4n) is 3.05. The van der Waals surface area contributed by atoms with Crippen molar-refractivity contribution in [2.45, 2.75) is 46.2 Å². The fraction of sp³-hybridized carbons (Fsp3) is 0.400. The molecule has 3 aromatic rings. The predicted octanol–water partition coefficient (Wildman–Crippen LogP) is 2.78. The Bertz CT molecular complexity index is 1040. The van der Waals surface area contributed by atoms with Gasteiger partial charge in [0.15, 0.2) is 12.4 Å². The molecule has 0 bridgehead atoms. The maximum Gasteiger partial charge on any atom is 0.336 e. The number of nitrogens with one attached hydrogen (secondary N) is 1. The summed E-state index contributed by atoms with van der Waals surface area (Å²) in [6.07, 6.45) is 2.37. The Balaban J connectivity index is 1.66. The van der Waals surface area contributed by atoms with Crippen LogP contribution >= 0.6 is 0 Å². The lowest BCUT2D eigenvalue weighted by Crippen LogP contribution is -2.32. The number of carbonyl (C=O) groups is 1. The third kappa shape index (κ3) is 4.21. The van der Waals surface area contributed by atoms with Crippen molar-refractivity contribution in [3.05, 3.63) is 52.4 Å². The average Bonchev–Trinajstić information content (AvgIpc) is 3.15. The number of rotatable bonds is 7. The van der Waals surface area contributed by atoms with Gasteiger partial charge in [0, 0.05) is 23.6 Å². The Morgan fingerprint density at radius 1 is 1.29 bits per heavy atom. The van der Waals surface area contributed by atoms with Crippen LogP contribution in [0.5, 0.6) is 5.75 Å². The van der Waals surface area contributed by atoms with Gasteiger partial charge in [-0.3, -0.25) is 4.79 Å². The highest BCUT2D eigenvalue weighted by atomic mass is 16.5. The highest BCUT2D eigenvalue weighted by Gasteiger charge is 2.17. The number of carbonyl (C=O) groups excluding carboxylic acids is 1. The Morgan fingerprint density at radius 3 is 2.79 bits per heavy atom. The number of aryl methyl sites for hydroxylation is 1. The number of benzene rings is 1. The van der Waals surface area contributed by atoms with Crippen molar-refractivity contribution in [1.29, 1.82) is 0 Å². The van der Waals surface area contributed by atoms with Crippen molar-refractivity contribution >= 4 is 16.9 Å². The SMILES string of the molecule is CCc1cc(=O)oc2cc(OCC(=O)NC(C)c3nncn3C(C)C)ccc12. The highest BCUT2D eigenvalue weighted by molar-refractivity contribution is 5.82. The number of hydrogen-bond acceptors (Lipinski definition) is 6. The van der Waals surface area contributed by atoms with Crippen LogP contribution in [0.15, 0.2) is 39.8 Å². The summed E-state index contributed by atoms with van der Waals surface area (Å²) in [5.41, 5.74) is 0.960. The lowest BCUT2D eigenvalue weighted by atomic mass is 10.1. The van der Waals surface area contributed by atoms with Gasteiger partial charge in [0.2, 0.25) is 0 Å². The molecule has 8 heteroatoms. The van der Waals surface area contributed by atoms with Crippen molar-refractivity contribution in [3.63, 3.8) is 0 Å². The highest BCUT2D eigenvalue weighted by Crippen LogP contribution is 2.23. The van der Waals surface area contributed by atoms with Gasteiger partial charge >= 0.3 is 5.63 Å². The summed E-state index contributed by atoms with van der Waals surface area (Å²) in [7, 11) is 0. The van der Waals surface area contributed by atoms with Crippen LogP contribution in [-0.4, -0.2) is 27.3 Å². The zero-order valence-electron chi connectivity index (χ0n) is 16.4. The molecule has 1 atom stereocenters. The largest absolute Gasteiger partial charge is 0.484 e. The summed E-state index contributed by atoms with van der Waals surface area (Å²) < 4.78 is 12.7. The van der Waals surface area contributed by atoms with Crippen LogP contribution in [0, 0.1) is 0 Å². The van der Waals surface area contributed by atoms with Crippen molar-refractivity contribution in [1.82, 2.24) is 20.1 Å². The normalized spacial score (nSPS) is 12.3. The lowest BCUT2D eigenvalue weighted by molar-refractivity contribution is -0.123. The van der Waals surface area contributed by atoms with Crippen LogP contribution in [0.2, 0.25) is 0 Å². The van der Waals surface area contributed by atoms with Crippen LogP contribution in [0.4, 0.5) is 0 Å². The third-order valence-electron chi connectivity index (χ3n) is 4.47. The molecule has 148 valence electrons. The summed E-state index contributed by atoms with van der Waals surface area (Å²) in [5.74, 6) is 0.856. The Kier molecular flexibility index (Phi) is 5.77. The molecular formula is C20H24N4O4. The number of nitrogens with zero attached hydrogens (tertiary/aromatic N) is 3. The first-order valence-corrected chi connectivity index (χ1v) is 9.27. The van der Waals surface area contributed by atoms with Gasteiger partial charge < -0.3 is 19.0 Å².